The standard InChI is InChI=1S/C16H25N3O2/c1-3-17-15(20)14-9-13(6-8-18-14)19-11-16(21)7-4-5-12(2)10-16/h6,8-9,12,21H,3-5,7,10-11H2,1-2H3,(H,17,20)(H,18,19). The van der Waals surface area contributed by atoms with Gasteiger partial charge in [0.1, 0.15) is 5.69 Å². The Kier molecular flexibility index (Phi) is 5.17. The highest BCUT2D eigenvalue weighted by molar-refractivity contribution is 5.93. The molecule has 0 aromatic carbocycles. The molecule has 1 heterocycles. The van der Waals surface area contributed by atoms with E-state index in [0.29, 0.717) is 24.7 Å². The van der Waals surface area contributed by atoms with Gasteiger partial charge in [-0.3, -0.25) is 9.78 Å². The lowest BCUT2D eigenvalue weighted by molar-refractivity contribution is -0.000764. The highest BCUT2D eigenvalue weighted by Gasteiger charge is 2.32. The van der Waals surface area contributed by atoms with Crippen LogP contribution in [0.15, 0.2) is 18.3 Å². The molecule has 1 fully saturated rings. The molecule has 2 rings (SSSR count). The second kappa shape index (κ2) is 6.89. The van der Waals surface area contributed by atoms with Crippen molar-refractivity contribution in [2.45, 2.75) is 45.1 Å². The summed E-state index contributed by atoms with van der Waals surface area (Å²) in [6.45, 7) is 5.15. The molecule has 1 amide bonds. The van der Waals surface area contributed by atoms with Gasteiger partial charge in [-0.25, -0.2) is 0 Å². The predicted molar refractivity (Wildman–Crippen MR) is 83.3 cm³/mol. The molecule has 5 heteroatoms. The molecule has 1 aromatic rings. The third kappa shape index (κ3) is 4.43. The number of hydrogen-bond donors (Lipinski definition) is 3. The fraction of sp³-hybridized carbons (Fsp3) is 0.625. The monoisotopic (exact) mass is 291 g/mol. The van der Waals surface area contributed by atoms with E-state index in [-0.39, 0.29) is 5.91 Å². The lowest BCUT2D eigenvalue weighted by Gasteiger charge is -2.35. The zero-order valence-electron chi connectivity index (χ0n) is 12.9. The molecular formula is C16H25N3O2. The average molecular weight is 291 g/mol. The Hall–Kier alpha value is -1.62. The van der Waals surface area contributed by atoms with Crippen LogP contribution in [0, 0.1) is 5.92 Å². The van der Waals surface area contributed by atoms with E-state index in [1.54, 1.807) is 12.3 Å². The highest BCUT2D eigenvalue weighted by atomic mass is 16.3. The van der Waals surface area contributed by atoms with Crippen LogP contribution in [0.1, 0.15) is 50.0 Å². The van der Waals surface area contributed by atoms with E-state index in [2.05, 4.69) is 22.5 Å². The van der Waals surface area contributed by atoms with Gasteiger partial charge in [0.15, 0.2) is 0 Å². The molecule has 5 nitrogen and oxygen atoms in total. The van der Waals surface area contributed by atoms with Crippen molar-refractivity contribution in [1.29, 1.82) is 0 Å². The van der Waals surface area contributed by atoms with Gasteiger partial charge >= 0.3 is 0 Å². The molecule has 0 saturated heterocycles. The van der Waals surface area contributed by atoms with Gasteiger partial charge in [-0.1, -0.05) is 19.8 Å². The van der Waals surface area contributed by atoms with Crippen molar-refractivity contribution in [2.24, 2.45) is 5.92 Å². The number of nitrogens with zero attached hydrogens (tertiary/aromatic N) is 1. The number of aliphatic hydroxyl groups is 1. The van der Waals surface area contributed by atoms with Gasteiger partial charge in [-0.2, -0.15) is 0 Å². The van der Waals surface area contributed by atoms with E-state index in [9.17, 15) is 9.90 Å². The van der Waals surface area contributed by atoms with Gasteiger partial charge < -0.3 is 15.7 Å². The molecule has 0 radical (unpaired) electrons. The minimum Gasteiger partial charge on any atom is -0.388 e. The fourth-order valence-electron chi connectivity index (χ4n) is 2.98. The first kappa shape index (κ1) is 15.8. The van der Waals surface area contributed by atoms with E-state index in [4.69, 9.17) is 0 Å². The summed E-state index contributed by atoms with van der Waals surface area (Å²) in [7, 11) is 0. The third-order valence-corrected chi connectivity index (χ3v) is 4.02. The number of anilines is 1. The zero-order chi connectivity index (χ0) is 15.3. The molecule has 116 valence electrons. The molecular weight excluding hydrogens is 266 g/mol. The van der Waals surface area contributed by atoms with E-state index >= 15 is 0 Å². The van der Waals surface area contributed by atoms with Crippen LogP contribution in [0.4, 0.5) is 5.69 Å². The Labute approximate surface area is 126 Å². The van der Waals surface area contributed by atoms with Crippen LogP contribution in [0.25, 0.3) is 0 Å². The zero-order valence-corrected chi connectivity index (χ0v) is 12.9. The van der Waals surface area contributed by atoms with E-state index < -0.39 is 5.60 Å². The van der Waals surface area contributed by atoms with Crippen molar-refractivity contribution < 1.29 is 9.90 Å². The minimum absolute atomic E-state index is 0.175. The molecule has 2 unspecified atom stereocenters. The van der Waals surface area contributed by atoms with Gasteiger partial charge in [0.2, 0.25) is 0 Å². The first-order valence-corrected chi connectivity index (χ1v) is 7.73. The molecule has 2 atom stereocenters. The minimum atomic E-state index is -0.646. The molecule has 0 spiro atoms. The quantitative estimate of drug-likeness (QED) is 0.777. The molecule has 1 aromatic heterocycles. The van der Waals surface area contributed by atoms with Crippen LogP contribution >= 0.6 is 0 Å². The lowest BCUT2D eigenvalue weighted by atomic mass is 9.79. The predicted octanol–water partition coefficient (Wildman–Crippen LogP) is 2.18. The molecule has 1 saturated carbocycles. The van der Waals surface area contributed by atoms with Crippen LogP contribution in [-0.2, 0) is 0 Å². The second-order valence-corrected chi connectivity index (χ2v) is 6.07. The maximum absolute atomic E-state index is 11.8. The van der Waals surface area contributed by atoms with Crippen molar-refractivity contribution in [3.63, 3.8) is 0 Å². The Balaban J connectivity index is 1.97. The van der Waals surface area contributed by atoms with Gasteiger partial charge in [-0.15, -0.1) is 0 Å². The maximum atomic E-state index is 11.8. The number of aromatic nitrogens is 1. The Morgan fingerprint density at radius 1 is 1.57 bits per heavy atom. The summed E-state index contributed by atoms with van der Waals surface area (Å²) in [6.07, 6.45) is 5.53. The summed E-state index contributed by atoms with van der Waals surface area (Å²) in [5.74, 6) is 0.389. The number of amides is 1. The van der Waals surface area contributed by atoms with Crippen molar-refractivity contribution in [3.05, 3.63) is 24.0 Å². The number of nitrogens with one attached hydrogen (secondary N) is 2. The molecule has 21 heavy (non-hydrogen) atoms. The molecule has 0 bridgehead atoms. The molecule has 3 N–H and O–H groups in total. The second-order valence-electron chi connectivity index (χ2n) is 6.07. The summed E-state index contributed by atoms with van der Waals surface area (Å²) in [6, 6.07) is 3.54. The number of rotatable bonds is 5. The Bertz CT molecular complexity index is 492. The SMILES string of the molecule is CCNC(=O)c1cc(NCC2(O)CCCC(C)C2)ccn1. The van der Waals surface area contributed by atoms with Crippen molar-refractivity contribution in [2.75, 3.05) is 18.4 Å². The van der Waals surface area contributed by atoms with Crippen molar-refractivity contribution in [1.82, 2.24) is 10.3 Å². The number of carbonyl (C=O) groups is 1. The van der Waals surface area contributed by atoms with Gasteiger partial charge in [0.25, 0.3) is 5.91 Å². The Morgan fingerprint density at radius 2 is 2.38 bits per heavy atom. The highest BCUT2D eigenvalue weighted by Crippen LogP contribution is 2.32. The first-order valence-electron chi connectivity index (χ1n) is 7.73. The van der Waals surface area contributed by atoms with Gasteiger partial charge in [0, 0.05) is 25.0 Å². The van der Waals surface area contributed by atoms with Crippen molar-refractivity contribution >= 4 is 11.6 Å². The van der Waals surface area contributed by atoms with Crippen molar-refractivity contribution in [3.8, 4) is 0 Å². The van der Waals surface area contributed by atoms with Gasteiger partial charge in [0.05, 0.1) is 5.60 Å². The summed E-state index contributed by atoms with van der Waals surface area (Å²) in [5, 5.41) is 16.6. The number of pyridine rings is 1. The van der Waals surface area contributed by atoms with Crippen LogP contribution in [-0.4, -0.2) is 34.7 Å². The summed E-state index contributed by atoms with van der Waals surface area (Å²) in [5.41, 5.74) is 0.566. The average Bonchev–Trinajstić information content (AvgIpc) is 2.46. The van der Waals surface area contributed by atoms with Crippen LogP contribution < -0.4 is 10.6 Å². The number of hydrogen-bond acceptors (Lipinski definition) is 4. The normalized spacial score (nSPS) is 25.4. The largest absolute Gasteiger partial charge is 0.388 e. The molecule has 0 aliphatic heterocycles. The molecule has 1 aliphatic rings. The van der Waals surface area contributed by atoms with Crippen LogP contribution in [0.3, 0.4) is 0 Å². The lowest BCUT2D eigenvalue weighted by Crippen LogP contribution is -2.41. The van der Waals surface area contributed by atoms with Crippen LogP contribution in [0.5, 0.6) is 0 Å². The topological polar surface area (TPSA) is 74.2 Å². The first-order chi connectivity index (χ1) is 10.0. The summed E-state index contributed by atoms with van der Waals surface area (Å²) >= 11 is 0. The third-order valence-electron chi connectivity index (χ3n) is 4.02. The summed E-state index contributed by atoms with van der Waals surface area (Å²) < 4.78 is 0. The van der Waals surface area contributed by atoms with E-state index in [1.165, 1.54) is 6.42 Å². The fourth-order valence-corrected chi connectivity index (χ4v) is 2.98. The smallest absolute Gasteiger partial charge is 0.269 e. The van der Waals surface area contributed by atoms with Gasteiger partial charge in [-0.05, 0) is 37.8 Å². The maximum Gasteiger partial charge on any atom is 0.269 e. The van der Waals surface area contributed by atoms with E-state index in [1.807, 2.05) is 13.0 Å². The Morgan fingerprint density at radius 3 is 3.10 bits per heavy atom. The molecule has 1 aliphatic carbocycles. The van der Waals surface area contributed by atoms with Crippen LogP contribution in [0.2, 0.25) is 0 Å². The van der Waals surface area contributed by atoms with E-state index in [0.717, 1.165) is 24.9 Å². The summed E-state index contributed by atoms with van der Waals surface area (Å²) in [4.78, 5) is 15.8. The number of carbonyl (C=O) groups excluding carboxylic acids is 1.